The lowest BCUT2D eigenvalue weighted by Crippen LogP contribution is -2.51. The second-order valence-corrected chi connectivity index (χ2v) is 26.8. The monoisotopic (exact) mass is 1170 g/mol. The minimum Gasteiger partial charge on any atom is -0.508 e. The van der Waals surface area contributed by atoms with E-state index in [1.165, 1.54) is 30.0 Å². The second kappa shape index (κ2) is 23.2. The number of carbonyl (C=O) groups is 3. The highest BCUT2D eigenvalue weighted by atomic mass is 19.1. The fraction of sp³-hybridized carbons (Fsp3) is 0.585. The molecule has 1 aliphatic carbocycles. The molecule has 85 heavy (non-hydrogen) atoms. The van der Waals surface area contributed by atoms with Gasteiger partial charge < -0.3 is 34.4 Å². The first-order chi connectivity index (χ1) is 40.6. The Morgan fingerprint density at radius 3 is 2.39 bits per heavy atom. The number of ether oxygens (including phenoxy) is 2. The Morgan fingerprint density at radius 2 is 1.65 bits per heavy atom. The van der Waals surface area contributed by atoms with Crippen molar-refractivity contribution < 1.29 is 42.9 Å². The summed E-state index contributed by atoms with van der Waals surface area (Å²) < 4.78 is 48.7. The zero-order chi connectivity index (χ0) is 59.7. The predicted octanol–water partition coefficient (Wildman–Crippen LogP) is 9.67. The lowest BCUT2D eigenvalue weighted by atomic mass is 9.81. The molecule has 3 aromatic heterocycles. The molecule has 18 nitrogen and oxygen atoms in total. The molecule has 3 amide bonds. The molecular formula is C65H82F2N10O8. The van der Waals surface area contributed by atoms with Crippen molar-refractivity contribution in [1.82, 2.24) is 44.1 Å². The van der Waals surface area contributed by atoms with Gasteiger partial charge in [0.05, 0.1) is 27.6 Å². The number of aromatic nitrogens is 5. The molecule has 5 aliphatic heterocycles. The summed E-state index contributed by atoms with van der Waals surface area (Å²) in [6.45, 7) is 15.5. The van der Waals surface area contributed by atoms with Crippen LogP contribution in [-0.2, 0) is 27.8 Å². The van der Waals surface area contributed by atoms with Crippen LogP contribution in [0.1, 0.15) is 148 Å². The summed E-state index contributed by atoms with van der Waals surface area (Å²) in [7, 11) is 1.75. The van der Waals surface area contributed by atoms with Gasteiger partial charge in [-0.3, -0.25) is 33.9 Å². The highest BCUT2D eigenvalue weighted by Crippen LogP contribution is 2.45. The van der Waals surface area contributed by atoms with Gasteiger partial charge in [-0.05, 0) is 207 Å². The largest absolute Gasteiger partial charge is 0.508 e. The van der Waals surface area contributed by atoms with Crippen molar-refractivity contribution in [3.63, 3.8) is 0 Å². The summed E-state index contributed by atoms with van der Waals surface area (Å²) >= 11 is 0. The lowest BCUT2D eigenvalue weighted by Gasteiger charge is -2.39. The van der Waals surface area contributed by atoms with Gasteiger partial charge in [0.15, 0.2) is 5.82 Å². The fourth-order valence-electron chi connectivity index (χ4n) is 15.3. The topological polar surface area (TPSA) is 201 Å². The van der Waals surface area contributed by atoms with Crippen LogP contribution < -0.4 is 20.6 Å². The van der Waals surface area contributed by atoms with E-state index in [1.54, 1.807) is 29.2 Å². The molecule has 0 bridgehead atoms. The second-order valence-electron chi connectivity index (χ2n) is 26.8. The molecule has 454 valence electrons. The van der Waals surface area contributed by atoms with Crippen LogP contribution in [0.2, 0.25) is 0 Å². The number of hydrogen-bond donors (Lipinski definition) is 3. The Balaban J connectivity index is 0.706. The number of benzene rings is 3. The van der Waals surface area contributed by atoms with Gasteiger partial charge in [-0.2, -0.15) is 9.97 Å². The first-order valence-electron chi connectivity index (χ1n) is 31.1. The summed E-state index contributed by atoms with van der Waals surface area (Å²) in [5.41, 5.74) is 0.928. The third kappa shape index (κ3) is 11.7. The zero-order valence-corrected chi connectivity index (χ0v) is 50.1. The van der Waals surface area contributed by atoms with Gasteiger partial charge in [-0.15, -0.1) is 0 Å². The standard InChI is InChI=1S/C65H82F2N10O8/c1-7-46-49(66)16-14-43-30-45(78)32-47(54(43)46)56-55(67)57-48(33-68-56)58(74-26-8-23-64(5,83)37-74)71-60(70-57)84-38-65-24-9-27-76(65)44(20-25-65)36-75(62(82)85-63(2,3)4)35-40-12-10-39(11-13-40)34-73-28-21-41(22-29-73)42-15-17-50-52(31-42)72(6)61(81)77(50)51-18-19-53(79)69-59(51)80/h14-17,30-33,39-41,44,51,78,83H,7-13,18-29,34-38H2,1-6H3,(H,69,79,80)/t39?,40?,44-,51?,64+,65-/m0/s1. The number of phenolic OH excluding ortho intramolecular Hbond substituents is 1. The quantitative estimate of drug-likeness (QED) is 0.0871. The van der Waals surface area contributed by atoms with Crippen molar-refractivity contribution in [3.8, 4) is 23.0 Å². The number of likely N-dealkylation sites (tertiary alicyclic amines) is 1. The number of aromatic hydroxyl groups is 1. The van der Waals surface area contributed by atoms with Crippen LogP contribution >= 0.6 is 0 Å². The number of carbonyl (C=O) groups excluding carboxylic acids is 3. The highest BCUT2D eigenvalue weighted by molar-refractivity contribution is 6.02. The molecule has 8 heterocycles. The van der Waals surface area contributed by atoms with Crippen LogP contribution in [0.4, 0.5) is 19.4 Å². The van der Waals surface area contributed by atoms with Crippen LogP contribution in [0, 0.1) is 23.5 Å². The number of phenols is 1. The zero-order valence-electron chi connectivity index (χ0n) is 50.1. The molecule has 3 aromatic carbocycles. The van der Waals surface area contributed by atoms with Gasteiger partial charge in [-0.1, -0.05) is 19.1 Å². The average molecular weight is 1170 g/mol. The molecule has 6 aromatic rings. The van der Waals surface area contributed by atoms with Gasteiger partial charge in [0.1, 0.15) is 46.8 Å². The van der Waals surface area contributed by atoms with Crippen molar-refractivity contribution in [2.24, 2.45) is 18.9 Å². The predicted molar refractivity (Wildman–Crippen MR) is 321 cm³/mol. The van der Waals surface area contributed by atoms with Crippen molar-refractivity contribution in [1.29, 1.82) is 0 Å². The van der Waals surface area contributed by atoms with E-state index in [0.29, 0.717) is 96.1 Å². The Labute approximate surface area is 494 Å². The molecule has 12 rings (SSSR count). The first-order valence-corrected chi connectivity index (χ1v) is 31.1. The van der Waals surface area contributed by atoms with Crippen molar-refractivity contribution in [2.75, 3.05) is 63.9 Å². The number of nitrogens with zero attached hydrogens (tertiary/aromatic N) is 9. The molecule has 1 unspecified atom stereocenters. The molecule has 1 saturated carbocycles. The number of imidazole rings is 1. The molecule has 5 saturated heterocycles. The van der Waals surface area contributed by atoms with Gasteiger partial charge in [0.2, 0.25) is 11.8 Å². The molecule has 6 aliphatic rings. The summed E-state index contributed by atoms with van der Waals surface area (Å²) in [5, 5.41) is 25.9. The number of amides is 3. The Bertz CT molecular complexity index is 3620. The van der Waals surface area contributed by atoms with Crippen LogP contribution in [0.5, 0.6) is 11.8 Å². The maximum absolute atomic E-state index is 17.4. The third-order valence-electron chi connectivity index (χ3n) is 19.6. The van der Waals surface area contributed by atoms with Crippen LogP contribution in [0.15, 0.2) is 53.5 Å². The third-order valence-corrected chi connectivity index (χ3v) is 19.6. The molecule has 0 radical (unpaired) electrons. The molecular weight excluding hydrogens is 1090 g/mol. The number of imide groups is 1. The Morgan fingerprint density at radius 1 is 0.882 bits per heavy atom. The summed E-state index contributed by atoms with van der Waals surface area (Å²) in [5.74, 6) is -0.349. The van der Waals surface area contributed by atoms with E-state index in [4.69, 9.17) is 19.4 Å². The van der Waals surface area contributed by atoms with Crippen LogP contribution in [0.3, 0.4) is 0 Å². The number of aliphatic hydroxyl groups is 1. The number of β-amino-alcohol motifs (C(OH)–C–C–N with tert-alkyl or cyclic N) is 1. The van der Waals surface area contributed by atoms with E-state index in [9.17, 15) is 29.4 Å². The first kappa shape index (κ1) is 58.6. The number of anilines is 1. The number of piperidine rings is 3. The summed E-state index contributed by atoms with van der Waals surface area (Å²) in [6, 6.07) is 11.4. The molecule has 20 heteroatoms. The fourth-order valence-corrected chi connectivity index (χ4v) is 15.3. The maximum Gasteiger partial charge on any atom is 0.410 e. The van der Waals surface area contributed by atoms with E-state index in [-0.39, 0.29) is 77.4 Å². The van der Waals surface area contributed by atoms with Gasteiger partial charge in [0.25, 0.3) is 0 Å². The number of rotatable bonds is 14. The highest BCUT2D eigenvalue weighted by Gasteiger charge is 2.51. The minimum atomic E-state index is -1.01. The average Bonchev–Trinajstić information content (AvgIpc) is 3.48. The molecule has 4 atom stereocenters. The van der Waals surface area contributed by atoms with Gasteiger partial charge in [-0.25, -0.2) is 18.4 Å². The number of hydrogen-bond acceptors (Lipinski definition) is 14. The van der Waals surface area contributed by atoms with Crippen molar-refractivity contribution in [3.05, 3.63) is 81.9 Å². The van der Waals surface area contributed by atoms with E-state index in [2.05, 4.69) is 32.2 Å². The minimum absolute atomic E-state index is 0.00409. The van der Waals surface area contributed by atoms with Gasteiger partial charge >= 0.3 is 17.8 Å². The van der Waals surface area contributed by atoms with E-state index in [1.807, 2.05) is 43.6 Å². The molecule has 6 fully saturated rings. The summed E-state index contributed by atoms with van der Waals surface area (Å²) in [4.78, 5) is 75.6. The van der Waals surface area contributed by atoms with E-state index < -0.39 is 34.8 Å². The van der Waals surface area contributed by atoms with Crippen LogP contribution in [0.25, 0.3) is 44.0 Å². The number of aryl methyl sites for hydroxylation is 2. The number of pyridine rings is 1. The molecule has 0 spiro atoms. The number of nitrogens with one attached hydrogen (secondary N) is 1. The summed E-state index contributed by atoms with van der Waals surface area (Å²) in [6.07, 6.45) is 13.2. The van der Waals surface area contributed by atoms with Crippen molar-refractivity contribution in [2.45, 2.75) is 166 Å². The molecule has 3 N–H and O–H groups in total. The maximum atomic E-state index is 17.4. The normalized spacial score (nSPS) is 25.5. The number of halogens is 2. The lowest BCUT2D eigenvalue weighted by molar-refractivity contribution is -0.135. The number of fused-ring (bicyclic) bond motifs is 4. The van der Waals surface area contributed by atoms with Crippen molar-refractivity contribution >= 4 is 56.4 Å². The SMILES string of the molecule is CCc1c(F)ccc2cc(O)cc(-c3ncc4c(N5CCC[C@@](C)(O)C5)nc(OC[C@@]56CCCN5[C@H](CN(CC5CCC(CN7CCC(c8ccc9c(c8)n(C)c(=O)n9C8CCC(=O)NC8=O)CC7)CC5)C(=O)OC(C)(C)C)CC6)nc4c3F)c12. The van der Waals surface area contributed by atoms with E-state index in [0.717, 1.165) is 95.9 Å². The Hall–Kier alpha value is -6.77. The van der Waals surface area contributed by atoms with Crippen LogP contribution in [-0.4, -0.2) is 149 Å². The van der Waals surface area contributed by atoms with E-state index >= 15 is 8.78 Å². The van der Waals surface area contributed by atoms with Gasteiger partial charge in [0, 0.05) is 64.0 Å². The smallest absolute Gasteiger partial charge is 0.410 e. The Kier molecular flexibility index (Phi) is 16.0.